The summed E-state index contributed by atoms with van der Waals surface area (Å²) in [5.74, 6) is -1.52. The maximum atomic E-state index is 12.9. The first kappa shape index (κ1) is 27.4. The molecule has 0 atom stereocenters. The molecule has 0 radical (unpaired) electrons. The zero-order valence-corrected chi connectivity index (χ0v) is 23.6. The summed E-state index contributed by atoms with van der Waals surface area (Å²) in [6.45, 7) is 5.48. The lowest BCUT2D eigenvalue weighted by Gasteiger charge is -2.21. The minimum atomic E-state index is -1.11. The van der Waals surface area contributed by atoms with Crippen molar-refractivity contribution < 1.29 is 19.1 Å². The molecule has 40 heavy (non-hydrogen) atoms. The number of carboxylic acid groups (broad SMARTS) is 1. The standard InChI is InChI=1S/C31H26N2O5S2/c1-3-32(4-2)24-14-13-23-16-25(30(37)38-26(23)17-24)22-11-9-21(10-12-22)20-7-5-19(6-8-20)15-27-29(36)33(18-28(34)35)31(39)40-27/h5-17H,3-4,18H2,1-2H3,(H,34,35)/b27-15+. The van der Waals surface area contributed by atoms with E-state index in [0.29, 0.717) is 16.1 Å². The third-order valence-corrected chi connectivity index (χ3v) is 8.13. The van der Waals surface area contributed by atoms with Gasteiger partial charge in [0.1, 0.15) is 16.4 Å². The Morgan fingerprint density at radius 2 is 1.57 bits per heavy atom. The predicted molar refractivity (Wildman–Crippen MR) is 164 cm³/mol. The molecule has 0 spiro atoms. The van der Waals surface area contributed by atoms with Crippen molar-refractivity contribution in [3.8, 4) is 22.3 Å². The highest BCUT2D eigenvalue weighted by atomic mass is 32.2. The fourth-order valence-corrected chi connectivity index (χ4v) is 5.88. The molecule has 1 N–H and O–H groups in total. The molecule has 2 heterocycles. The van der Waals surface area contributed by atoms with Gasteiger partial charge in [-0.15, -0.1) is 0 Å². The van der Waals surface area contributed by atoms with E-state index >= 15 is 0 Å². The number of rotatable bonds is 8. The van der Waals surface area contributed by atoms with Gasteiger partial charge in [-0.05, 0) is 60.4 Å². The quantitative estimate of drug-likeness (QED) is 0.151. The second-order valence-corrected chi connectivity index (χ2v) is 10.9. The van der Waals surface area contributed by atoms with Gasteiger partial charge in [0.05, 0.1) is 10.5 Å². The molecule has 0 unspecified atom stereocenters. The van der Waals surface area contributed by atoms with Crippen LogP contribution in [0, 0.1) is 0 Å². The van der Waals surface area contributed by atoms with Gasteiger partial charge < -0.3 is 14.4 Å². The molecule has 1 aliphatic rings. The molecule has 202 valence electrons. The number of carboxylic acids is 1. The van der Waals surface area contributed by atoms with Crippen LogP contribution < -0.4 is 10.5 Å². The number of nitrogens with zero attached hydrogens (tertiary/aromatic N) is 2. The summed E-state index contributed by atoms with van der Waals surface area (Å²) in [4.78, 5) is 40.0. The molecular weight excluding hydrogens is 544 g/mol. The average Bonchev–Trinajstić information content (AvgIpc) is 3.20. The average molecular weight is 571 g/mol. The van der Waals surface area contributed by atoms with Crippen molar-refractivity contribution in [2.24, 2.45) is 0 Å². The van der Waals surface area contributed by atoms with E-state index in [1.807, 2.05) is 72.8 Å². The van der Waals surface area contributed by atoms with Crippen LogP contribution in [-0.4, -0.2) is 45.8 Å². The smallest absolute Gasteiger partial charge is 0.344 e. The number of aliphatic carboxylic acids is 1. The van der Waals surface area contributed by atoms with Crippen molar-refractivity contribution in [2.75, 3.05) is 24.5 Å². The van der Waals surface area contributed by atoms with Crippen LogP contribution in [0.5, 0.6) is 0 Å². The Balaban J connectivity index is 1.35. The summed E-state index contributed by atoms with van der Waals surface area (Å²) >= 11 is 6.25. The highest BCUT2D eigenvalue weighted by Crippen LogP contribution is 2.33. The molecule has 5 rings (SSSR count). The number of hydrogen-bond acceptors (Lipinski definition) is 7. The Kier molecular flexibility index (Phi) is 7.86. The molecule has 1 amide bonds. The van der Waals surface area contributed by atoms with Crippen LogP contribution in [0.1, 0.15) is 19.4 Å². The molecule has 0 bridgehead atoms. The van der Waals surface area contributed by atoms with E-state index in [4.69, 9.17) is 21.7 Å². The third-order valence-electron chi connectivity index (χ3n) is 6.75. The first-order valence-electron chi connectivity index (χ1n) is 12.8. The normalized spacial score (nSPS) is 14.3. The van der Waals surface area contributed by atoms with Crippen LogP contribution in [0.3, 0.4) is 0 Å². The molecule has 0 aliphatic carbocycles. The fourth-order valence-electron chi connectivity index (χ4n) is 4.62. The molecule has 7 nitrogen and oxygen atoms in total. The Morgan fingerprint density at radius 1 is 0.950 bits per heavy atom. The second-order valence-electron chi connectivity index (χ2n) is 9.20. The predicted octanol–water partition coefficient (Wildman–Crippen LogP) is 6.26. The minimum absolute atomic E-state index is 0.236. The summed E-state index contributed by atoms with van der Waals surface area (Å²) < 4.78 is 5.93. The van der Waals surface area contributed by atoms with Crippen LogP contribution in [0.25, 0.3) is 39.3 Å². The number of hydrogen-bond donors (Lipinski definition) is 1. The lowest BCUT2D eigenvalue weighted by molar-refractivity contribution is -0.140. The van der Waals surface area contributed by atoms with Gasteiger partial charge in [0.25, 0.3) is 5.91 Å². The topological polar surface area (TPSA) is 91.1 Å². The molecule has 1 aromatic heterocycles. The van der Waals surface area contributed by atoms with Crippen LogP contribution >= 0.6 is 24.0 Å². The van der Waals surface area contributed by atoms with E-state index in [1.54, 1.807) is 6.08 Å². The molecule has 1 saturated heterocycles. The summed E-state index contributed by atoms with van der Waals surface area (Å²) in [5, 5.41) is 9.87. The molecule has 1 aliphatic heterocycles. The SMILES string of the molecule is CCN(CC)c1ccc2cc(-c3ccc(-c4ccc(/C=C5/SC(=S)N(CC(=O)O)C5=O)cc4)cc3)c(=O)oc2c1. The van der Waals surface area contributed by atoms with Gasteiger partial charge in [0, 0.05) is 30.2 Å². The monoisotopic (exact) mass is 570 g/mol. The number of fused-ring (bicyclic) bond motifs is 1. The van der Waals surface area contributed by atoms with Crippen molar-refractivity contribution >= 4 is 62.9 Å². The zero-order valence-electron chi connectivity index (χ0n) is 21.9. The van der Waals surface area contributed by atoms with E-state index in [2.05, 4.69) is 18.7 Å². The maximum Gasteiger partial charge on any atom is 0.344 e. The number of amides is 1. The van der Waals surface area contributed by atoms with E-state index in [0.717, 1.165) is 63.1 Å². The largest absolute Gasteiger partial charge is 0.480 e. The van der Waals surface area contributed by atoms with E-state index in [9.17, 15) is 14.4 Å². The second kappa shape index (κ2) is 11.5. The minimum Gasteiger partial charge on any atom is -0.480 e. The molecule has 0 saturated carbocycles. The summed E-state index contributed by atoms with van der Waals surface area (Å²) in [6.07, 6.45) is 1.71. The summed E-state index contributed by atoms with van der Waals surface area (Å²) in [5.41, 5.74) is 5.23. The highest BCUT2D eigenvalue weighted by Gasteiger charge is 2.33. The lowest BCUT2D eigenvalue weighted by atomic mass is 9.99. The van der Waals surface area contributed by atoms with Crippen molar-refractivity contribution in [1.29, 1.82) is 0 Å². The number of thioether (sulfide) groups is 1. The number of benzene rings is 3. The van der Waals surface area contributed by atoms with Crippen LogP contribution in [0.4, 0.5) is 5.69 Å². The lowest BCUT2D eigenvalue weighted by Crippen LogP contribution is -2.33. The molecule has 3 aromatic carbocycles. The van der Waals surface area contributed by atoms with Gasteiger partial charge in [-0.1, -0.05) is 72.5 Å². The molecule has 9 heteroatoms. The summed E-state index contributed by atoms with van der Waals surface area (Å²) in [6, 6.07) is 23.2. The number of carbonyl (C=O) groups excluding carboxylic acids is 1. The van der Waals surface area contributed by atoms with E-state index in [-0.39, 0.29) is 9.95 Å². The number of thiocarbonyl (C=S) groups is 1. The Bertz CT molecular complexity index is 1710. The van der Waals surface area contributed by atoms with E-state index in [1.165, 1.54) is 0 Å². The van der Waals surface area contributed by atoms with Gasteiger partial charge in [-0.3, -0.25) is 14.5 Å². The van der Waals surface area contributed by atoms with Crippen molar-refractivity contribution in [3.05, 3.63) is 93.7 Å². The zero-order chi connectivity index (χ0) is 28.4. The Labute approximate surface area is 240 Å². The maximum absolute atomic E-state index is 12.9. The summed E-state index contributed by atoms with van der Waals surface area (Å²) in [7, 11) is 0. The van der Waals surface area contributed by atoms with Crippen LogP contribution in [0.15, 0.2) is 86.9 Å². The van der Waals surface area contributed by atoms with Gasteiger partial charge in [0.15, 0.2) is 0 Å². The van der Waals surface area contributed by atoms with Gasteiger partial charge in [-0.25, -0.2) is 4.79 Å². The Morgan fingerprint density at radius 3 is 2.20 bits per heavy atom. The molecular formula is C31H26N2O5S2. The molecule has 1 fully saturated rings. The number of anilines is 1. The highest BCUT2D eigenvalue weighted by molar-refractivity contribution is 8.26. The van der Waals surface area contributed by atoms with Crippen LogP contribution in [0.2, 0.25) is 0 Å². The van der Waals surface area contributed by atoms with Gasteiger partial charge >= 0.3 is 11.6 Å². The third kappa shape index (κ3) is 5.57. The van der Waals surface area contributed by atoms with Crippen molar-refractivity contribution in [3.63, 3.8) is 0 Å². The number of carbonyl (C=O) groups is 2. The first-order valence-corrected chi connectivity index (χ1v) is 14.0. The van der Waals surface area contributed by atoms with Crippen LogP contribution in [-0.2, 0) is 9.59 Å². The van der Waals surface area contributed by atoms with Gasteiger partial charge in [0.2, 0.25) is 0 Å². The fraction of sp³-hybridized carbons (Fsp3) is 0.161. The van der Waals surface area contributed by atoms with Gasteiger partial charge in [-0.2, -0.15) is 0 Å². The van der Waals surface area contributed by atoms with E-state index < -0.39 is 18.4 Å². The molecule has 4 aromatic rings. The Hall–Kier alpha value is -4.21. The first-order chi connectivity index (χ1) is 19.3. The van der Waals surface area contributed by atoms with Crippen molar-refractivity contribution in [2.45, 2.75) is 13.8 Å². The van der Waals surface area contributed by atoms with Crippen molar-refractivity contribution in [1.82, 2.24) is 4.90 Å².